The molecule has 0 radical (unpaired) electrons. The van der Waals surface area contributed by atoms with E-state index in [0.717, 1.165) is 55.7 Å². The maximum atomic E-state index is 12.0. The van der Waals surface area contributed by atoms with Crippen LogP contribution in [0.25, 0.3) is 11.4 Å². The second kappa shape index (κ2) is 5.95. The quantitative estimate of drug-likeness (QED) is 0.902. The lowest BCUT2D eigenvalue weighted by molar-refractivity contribution is -0.123. The molecule has 4 rings (SSSR count). The monoisotopic (exact) mass is 309 g/mol. The smallest absolute Gasteiger partial charge is 0.242 e. The van der Waals surface area contributed by atoms with Gasteiger partial charge in [-0.25, -0.2) is 9.97 Å². The molecule has 2 aromatic rings. The molecule has 1 fully saturated rings. The number of aryl methyl sites for hydroxylation is 1. The van der Waals surface area contributed by atoms with Gasteiger partial charge >= 0.3 is 0 Å². The van der Waals surface area contributed by atoms with Crippen molar-refractivity contribution in [3.05, 3.63) is 35.8 Å². The Morgan fingerprint density at radius 3 is 2.83 bits per heavy atom. The molecule has 2 N–H and O–H groups in total. The number of carbonyl (C=O) groups excluding carboxylic acids is 1. The molecule has 118 valence electrons. The van der Waals surface area contributed by atoms with Crippen molar-refractivity contribution in [1.82, 2.24) is 20.3 Å². The predicted octanol–water partition coefficient (Wildman–Crippen LogP) is 1.72. The van der Waals surface area contributed by atoms with E-state index < -0.39 is 0 Å². The van der Waals surface area contributed by atoms with Gasteiger partial charge in [0, 0.05) is 35.8 Å². The minimum absolute atomic E-state index is 0.0621. The minimum Gasteiger partial charge on any atom is -0.358 e. The molecular formula is C17H19N5O. The molecular weight excluding hydrogens is 290 g/mol. The first-order chi connectivity index (χ1) is 11.3. The van der Waals surface area contributed by atoms with Crippen molar-refractivity contribution >= 4 is 11.7 Å². The summed E-state index contributed by atoms with van der Waals surface area (Å²) in [7, 11) is 0. The molecule has 1 aliphatic carbocycles. The van der Waals surface area contributed by atoms with Crippen LogP contribution in [-0.4, -0.2) is 33.4 Å². The van der Waals surface area contributed by atoms with Crippen molar-refractivity contribution in [2.24, 2.45) is 0 Å². The summed E-state index contributed by atoms with van der Waals surface area (Å²) in [6.45, 7) is 0.765. The van der Waals surface area contributed by atoms with E-state index in [9.17, 15) is 4.79 Å². The number of anilines is 1. The molecule has 6 heteroatoms. The fourth-order valence-corrected chi connectivity index (χ4v) is 3.26. The van der Waals surface area contributed by atoms with Crippen LogP contribution in [0, 0.1) is 0 Å². The van der Waals surface area contributed by atoms with E-state index >= 15 is 0 Å². The topological polar surface area (TPSA) is 79.8 Å². The number of hydrogen-bond acceptors (Lipinski definition) is 5. The van der Waals surface area contributed by atoms with Gasteiger partial charge in [0.2, 0.25) is 5.91 Å². The zero-order valence-corrected chi connectivity index (χ0v) is 12.9. The van der Waals surface area contributed by atoms with Gasteiger partial charge in [-0.3, -0.25) is 9.78 Å². The Hall–Kier alpha value is -2.50. The summed E-state index contributed by atoms with van der Waals surface area (Å²) in [4.78, 5) is 25.5. The maximum absolute atomic E-state index is 12.0. The van der Waals surface area contributed by atoms with E-state index in [2.05, 4.69) is 15.6 Å². The van der Waals surface area contributed by atoms with E-state index in [0.29, 0.717) is 5.82 Å². The van der Waals surface area contributed by atoms with Crippen LogP contribution in [0.3, 0.4) is 0 Å². The lowest BCUT2D eigenvalue weighted by Gasteiger charge is -2.24. The average Bonchev–Trinajstić information content (AvgIpc) is 3.06. The largest absolute Gasteiger partial charge is 0.358 e. The molecule has 1 amide bonds. The minimum atomic E-state index is -0.200. The van der Waals surface area contributed by atoms with Crippen molar-refractivity contribution in [3.8, 4) is 11.4 Å². The molecule has 2 aliphatic rings. The molecule has 23 heavy (non-hydrogen) atoms. The van der Waals surface area contributed by atoms with Crippen LogP contribution in [0.4, 0.5) is 5.82 Å². The Morgan fingerprint density at radius 2 is 2.00 bits per heavy atom. The third-order valence-corrected chi connectivity index (χ3v) is 4.47. The number of rotatable bonds is 3. The van der Waals surface area contributed by atoms with Gasteiger partial charge in [0.05, 0.1) is 0 Å². The first-order valence-corrected chi connectivity index (χ1v) is 8.16. The number of nitrogens with one attached hydrogen (secondary N) is 2. The van der Waals surface area contributed by atoms with Gasteiger partial charge in [0.25, 0.3) is 0 Å². The SMILES string of the molecule is O=C1NCCC[C@H]1Nc1nc(-c2ccncc2)nc2c1CCC2. The Labute approximate surface area is 134 Å². The highest BCUT2D eigenvalue weighted by Crippen LogP contribution is 2.30. The van der Waals surface area contributed by atoms with Crippen LogP contribution in [0.15, 0.2) is 24.5 Å². The first kappa shape index (κ1) is 14.1. The zero-order valence-electron chi connectivity index (χ0n) is 12.9. The second-order valence-electron chi connectivity index (χ2n) is 6.04. The normalized spacial score (nSPS) is 20.0. The van der Waals surface area contributed by atoms with Crippen LogP contribution < -0.4 is 10.6 Å². The van der Waals surface area contributed by atoms with Gasteiger partial charge in [-0.05, 0) is 44.2 Å². The van der Waals surface area contributed by atoms with Gasteiger partial charge in [0.15, 0.2) is 5.82 Å². The molecule has 0 saturated carbocycles. The third kappa shape index (κ3) is 2.76. The molecule has 1 saturated heterocycles. The van der Waals surface area contributed by atoms with Gasteiger partial charge in [-0.1, -0.05) is 0 Å². The van der Waals surface area contributed by atoms with Gasteiger partial charge in [0.1, 0.15) is 11.9 Å². The summed E-state index contributed by atoms with van der Waals surface area (Å²) >= 11 is 0. The Morgan fingerprint density at radius 1 is 1.13 bits per heavy atom. The summed E-state index contributed by atoms with van der Waals surface area (Å²) in [5, 5.41) is 6.28. The van der Waals surface area contributed by atoms with E-state index in [-0.39, 0.29) is 11.9 Å². The molecule has 1 atom stereocenters. The van der Waals surface area contributed by atoms with Crippen molar-refractivity contribution in [1.29, 1.82) is 0 Å². The average molecular weight is 309 g/mol. The van der Waals surface area contributed by atoms with Gasteiger partial charge < -0.3 is 10.6 Å². The van der Waals surface area contributed by atoms with E-state index in [1.165, 1.54) is 5.56 Å². The number of piperidine rings is 1. The maximum Gasteiger partial charge on any atom is 0.242 e. The molecule has 0 spiro atoms. The van der Waals surface area contributed by atoms with E-state index in [4.69, 9.17) is 9.97 Å². The van der Waals surface area contributed by atoms with Crippen LogP contribution in [-0.2, 0) is 17.6 Å². The molecule has 1 aliphatic heterocycles. The fraction of sp³-hybridized carbons (Fsp3) is 0.412. The standard InChI is InChI=1S/C17H19N5O/c23-17-14(5-2-8-19-17)21-16-12-3-1-4-13(12)20-15(22-16)11-6-9-18-10-7-11/h6-7,9-10,14H,1-5,8H2,(H,19,23)(H,20,21,22)/t14-/m1/s1. The Kier molecular flexibility index (Phi) is 3.65. The summed E-state index contributed by atoms with van der Waals surface area (Å²) in [6, 6.07) is 3.62. The van der Waals surface area contributed by atoms with Crippen molar-refractivity contribution in [2.75, 3.05) is 11.9 Å². The van der Waals surface area contributed by atoms with E-state index in [1.54, 1.807) is 12.4 Å². The molecule has 3 heterocycles. The number of nitrogens with zero attached hydrogens (tertiary/aromatic N) is 3. The highest BCUT2D eigenvalue weighted by Gasteiger charge is 2.26. The van der Waals surface area contributed by atoms with Crippen LogP contribution in [0.2, 0.25) is 0 Å². The third-order valence-electron chi connectivity index (χ3n) is 4.47. The number of fused-ring (bicyclic) bond motifs is 1. The summed E-state index contributed by atoms with van der Waals surface area (Å²) < 4.78 is 0. The summed E-state index contributed by atoms with van der Waals surface area (Å²) in [6.07, 6.45) is 8.36. The Balaban J connectivity index is 1.70. The number of carbonyl (C=O) groups is 1. The van der Waals surface area contributed by atoms with Crippen LogP contribution in [0.1, 0.15) is 30.5 Å². The van der Waals surface area contributed by atoms with Crippen molar-refractivity contribution in [3.63, 3.8) is 0 Å². The van der Waals surface area contributed by atoms with Crippen LogP contribution >= 0.6 is 0 Å². The number of aromatic nitrogens is 3. The molecule has 2 aromatic heterocycles. The van der Waals surface area contributed by atoms with E-state index in [1.807, 2.05) is 12.1 Å². The highest BCUT2D eigenvalue weighted by atomic mass is 16.2. The molecule has 0 bridgehead atoms. The number of pyridine rings is 1. The Bertz CT molecular complexity index is 731. The fourth-order valence-electron chi connectivity index (χ4n) is 3.26. The first-order valence-electron chi connectivity index (χ1n) is 8.16. The molecule has 0 aromatic carbocycles. The lowest BCUT2D eigenvalue weighted by atomic mass is 10.1. The zero-order chi connectivity index (χ0) is 15.6. The van der Waals surface area contributed by atoms with Crippen molar-refractivity contribution in [2.45, 2.75) is 38.1 Å². The predicted molar refractivity (Wildman–Crippen MR) is 86.9 cm³/mol. The summed E-state index contributed by atoms with van der Waals surface area (Å²) in [5.74, 6) is 1.58. The molecule has 0 unspecified atom stereocenters. The second-order valence-corrected chi connectivity index (χ2v) is 6.04. The van der Waals surface area contributed by atoms with Crippen molar-refractivity contribution < 1.29 is 4.79 Å². The number of amides is 1. The van der Waals surface area contributed by atoms with Crippen LogP contribution in [0.5, 0.6) is 0 Å². The van der Waals surface area contributed by atoms with Gasteiger partial charge in [-0.2, -0.15) is 0 Å². The van der Waals surface area contributed by atoms with Gasteiger partial charge in [-0.15, -0.1) is 0 Å². The highest BCUT2D eigenvalue weighted by molar-refractivity contribution is 5.85. The molecule has 6 nitrogen and oxygen atoms in total. The summed E-state index contributed by atoms with van der Waals surface area (Å²) in [5.41, 5.74) is 3.22. The number of hydrogen-bond donors (Lipinski definition) is 2. The lowest BCUT2D eigenvalue weighted by Crippen LogP contribution is -2.44.